The van der Waals surface area contributed by atoms with Gasteiger partial charge < -0.3 is 14.5 Å². The van der Waals surface area contributed by atoms with Gasteiger partial charge in [-0.2, -0.15) is 5.10 Å². The summed E-state index contributed by atoms with van der Waals surface area (Å²) in [6, 6.07) is 6.34. The maximum atomic E-state index is 12.4. The molecule has 2 aromatic heterocycles. The molecular weight excluding hydrogens is 320 g/mol. The summed E-state index contributed by atoms with van der Waals surface area (Å²) in [7, 11) is 0. The zero-order valence-corrected chi connectivity index (χ0v) is 14.3. The minimum atomic E-state index is 0.0247. The van der Waals surface area contributed by atoms with Crippen LogP contribution in [0.15, 0.2) is 35.1 Å². The van der Waals surface area contributed by atoms with Crippen LogP contribution in [0.4, 0.5) is 0 Å². The first-order valence-electron chi connectivity index (χ1n) is 8.93. The Balaban J connectivity index is 1.40. The molecule has 0 aliphatic carbocycles. The highest BCUT2D eigenvalue weighted by molar-refractivity contribution is 5.76. The number of hydrogen-bond donors (Lipinski definition) is 1. The number of carbonyl (C=O) groups excluding carboxylic acids is 1. The molecule has 1 amide bonds. The summed E-state index contributed by atoms with van der Waals surface area (Å²) in [5, 5.41) is 7.39. The van der Waals surface area contributed by atoms with Crippen molar-refractivity contribution in [3.63, 3.8) is 0 Å². The van der Waals surface area contributed by atoms with E-state index >= 15 is 0 Å². The van der Waals surface area contributed by atoms with Crippen molar-refractivity contribution in [3.05, 3.63) is 42.1 Å². The molecule has 7 heteroatoms. The highest BCUT2D eigenvalue weighted by Gasteiger charge is 2.31. The molecule has 25 heavy (non-hydrogen) atoms. The van der Waals surface area contributed by atoms with Crippen LogP contribution < -0.4 is 5.32 Å². The fourth-order valence-electron chi connectivity index (χ4n) is 3.78. The number of rotatable bonds is 5. The number of hydrogen-bond acceptors (Lipinski definition) is 5. The van der Waals surface area contributed by atoms with Crippen molar-refractivity contribution in [2.24, 2.45) is 0 Å². The maximum Gasteiger partial charge on any atom is 0.222 e. The molecule has 1 atom stereocenters. The maximum absolute atomic E-state index is 12.4. The summed E-state index contributed by atoms with van der Waals surface area (Å²) in [4.78, 5) is 14.9. The largest absolute Gasteiger partial charge is 0.467 e. The van der Waals surface area contributed by atoms with Crippen molar-refractivity contribution in [2.75, 3.05) is 19.8 Å². The molecule has 1 saturated heterocycles. The van der Waals surface area contributed by atoms with Crippen molar-refractivity contribution in [2.45, 2.75) is 44.4 Å². The average molecular weight is 344 g/mol. The number of furan rings is 1. The first kappa shape index (κ1) is 16.4. The van der Waals surface area contributed by atoms with E-state index in [0.717, 1.165) is 44.9 Å². The number of nitrogens with zero attached hydrogens (tertiary/aromatic N) is 3. The van der Waals surface area contributed by atoms with E-state index in [2.05, 4.69) is 21.4 Å². The Kier molecular flexibility index (Phi) is 4.85. The van der Waals surface area contributed by atoms with Crippen LogP contribution in [0.5, 0.6) is 0 Å². The van der Waals surface area contributed by atoms with Gasteiger partial charge >= 0.3 is 0 Å². The monoisotopic (exact) mass is 344 g/mol. The lowest BCUT2D eigenvalue weighted by Gasteiger charge is -2.40. The van der Waals surface area contributed by atoms with Gasteiger partial charge in [0.1, 0.15) is 5.76 Å². The number of amides is 1. The van der Waals surface area contributed by atoms with Gasteiger partial charge in [-0.3, -0.25) is 14.4 Å². The van der Waals surface area contributed by atoms with E-state index < -0.39 is 0 Å². The first-order valence-corrected chi connectivity index (χ1v) is 8.93. The molecule has 2 aliphatic heterocycles. The number of aromatic nitrogens is 2. The summed E-state index contributed by atoms with van der Waals surface area (Å²) < 4.78 is 12.8. The van der Waals surface area contributed by atoms with Gasteiger partial charge in [-0.25, -0.2) is 0 Å². The van der Waals surface area contributed by atoms with Crippen molar-refractivity contribution in [1.29, 1.82) is 0 Å². The Bertz CT molecular complexity index is 691. The molecule has 1 N–H and O–H groups in total. The molecule has 0 spiro atoms. The third-order valence-corrected chi connectivity index (χ3v) is 5.08. The van der Waals surface area contributed by atoms with Gasteiger partial charge in [0.05, 0.1) is 31.0 Å². The van der Waals surface area contributed by atoms with Crippen LogP contribution in [0, 0.1) is 0 Å². The highest BCUT2D eigenvalue weighted by atomic mass is 16.5. The molecule has 134 valence electrons. The molecular formula is C18H24N4O3. The second-order valence-corrected chi connectivity index (χ2v) is 6.75. The summed E-state index contributed by atoms with van der Waals surface area (Å²) >= 11 is 0. The summed E-state index contributed by atoms with van der Waals surface area (Å²) in [5.41, 5.74) is 1.18. The van der Waals surface area contributed by atoms with Crippen molar-refractivity contribution in [3.8, 4) is 0 Å². The zero-order chi connectivity index (χ0) is 17.1. The minimum Gasteiger partial charge on any atom is -0.467 e. The summed E-state index contributed by atoms with van der Waals surface area (Å²) in [6.07, 6.45) is 5.99. The molecule has 0 aromatic carbocycles. The van der Waals surface area contributed by atoms with Crippen molar-refractivity contribution in [1.82, 2.24) is 20.0 Å². The lowest BCUT2D eigenvalue weighted by atomic mass is 10.0. The van der Waals surface area contributed by atoms with E-state index in [1.54, 1.807) is 6.26 Å². The lowest BCUT2D eigenvalue weighted by molar-refractivity contribution is -0.122. The number of fused-ring (bicyclic) bond motifs is 1. The molecule has 1 fully saturated rings. The molecule has 2 aromatic rings. The lowest BCUT2D eigenvalue weighted by Crippen LogP contribution is -2.46. The molecule has 2 aliphatic rings. The van der Waals surface area contributed by atoms with E-state index in [-0.39, 0.29) is 11.9 Å². The molecule has 1 unspecified atom stereocenters. The van der Waals surface area contributed by atoms with E-state index in [4.69, 9.17) is 9.15 Å². The molecule has 4 heterocycles. The summed E-state index contributed by atoms with van der Waals surface area (Å²) in [6.45, 7) is 3.83. The standard InChI is InChI=1S/C18H24N4O3/c23-18(19-11-17-2-1-7-25-17)10-16-13-21(14-4-8-24-9-5-14)12-15-3-6-20-22(15)16/h1-3,6-7,14,16H,4-5,8-13H2,(H,19,23). The fourth-order valence-corrected chi connectivity index (χ4v) is 3.78. The highest BCUT2D eigenvalue weighted by Crippen LogP contribution is 2.27. The van der Waals surface area contributed by atoms with Gasteiger partial charge in [0.25, 0.3) is 0 Å². The van der Waals surface area contributed by atoms with E-state index in [1.165, 1.54) is 5.69 Å². The predicted molar refractivity (Wildman–Crippen MR) is 90.7 cm³/mol. The van der Waals surface area contributed by atoms with Gasteiger partial charge in [0, 0.05) is 38.5 Å². The van der Waals surface area contributed by atoms with Gasteiger partial charge in [-0.15, -0.1) is 0 Å². The number of ether oxygens (including phenoxy) is 1. The van der Waals surface area contributed by atoms with Crippen LogP contribution in [0.25, 0.3) is 0 Å². The van der Waals surface area contributed by atoms with Crippen LogP contribution in [-0.2, 0) is 22.6 Å². The topological polar surface area (TPSA) is 72.5 Å². The van der Waals surface area contributed by atoms with Crippen molar-refractivity contribution < 1.29 is 13.9 Å². The Morgan fingerprint density at radius 3 is 3.00 bits per heavy atom. The SMILES string of the molecule is O=C(CC1CN(C2CCOCC2)Cc2ccnn21)NCc1ccco1. The normalized spacial score (nSPS) is 21.8. The third-order valence-electron chi connectivity index (χ3n) is 5.08. The van der Waals surface area contributed by atoms with Crippen molar-refractivity contribution >= 4 is 5.91 Å². The Labute approximate surface area is 146 Å². The zero-order valence-electron chi connectivity index (χ0n) is 14.3. The summed E-state index contributed by atoms with van der Waals surface area (Å²) in [5.74, 6) is 0.789. The van der Waals surface area contributed by atoms with Gasteiger partial charge in [0.2, 0.25) is 5.91 Å². The minimum absolute atomic E-state index is 0.0247. The first-order chi connectivity index (χ1) is 12.3. The second kappa shape index (κ2) is 7.41. The Morgan fingerprint density at radius 1 is 1.32 bits per heavy atom. The molecule has 4 rings (SSSR count). The average Bonchev–Trinajstić information content (AvgIpc) is 3.32. The van der Waals surface area contributed by atoms with E-state index in [0.29, 0.717) is 19.0 Å². The van der Waals surface area contributed by atoms with Gasteiger partial charge in [-0.1, -0.05) is 0 Å². The quantitative estimate of drug-likeness (QED) is 0.894. The van der Waals surface area contributed by atoms with Crippen LogP contribution in [-0.4, -0.2) is 46.4 Å². The van der Waals surface area contributed by atoms with Gasteiger partial charge in [-0.05, 0) is 31.0 Å². The van der Waals surface area contributed by atoms with E-state index in [9.17, 15) is 4.79 Å². The van der Waals surface area contributed by atoms with Gasteiger partial charge in [0.15, 0.2) is 0 Å². The fraction of sp³-hybridized carbons (Fsp3) is 0.556. The van der Waals surface area contributed by atoms with Crippen LogP contribution >= 0.6 is 0 Å². The van der Waals surface area contributed by atoms with Crippen LogP contribution in [0.2, 0.25) is 0 Å². The van der Waals surface area contributed by atoms with Crippen LogP contribution in [0.3, 0.4) is 0 Å². The number of carbonyl (C=O) groups is 1. The Morgan fingerprint density at radius 2 is 2.20 bits per heavy atom. The van der Waals surface area contributed by atoms with E-state index in [1.807, 2.05) is 23.0 Å². The smallest absolute Gasteiger partial charge is 0.222 e. The van der Waals surface area contributed by atoms with Crippen LogP contribution in [0.1, 0.15) is 36.8 Å². The second-order valence-electron chi connectivity index (χ2n) is 6.75. The predicted octanol–water partition coefficient (Wildman–Crippen LogP) is 1.72. The molecule has 0 saturated carbocycles. The molecule has 0 radical (unpaired) electrons. The molecule has 0 bridgehead atoms. The number of nitrogens with one attached hydrogen (secondary N) is 1. The third kappa shape index (κ3) is 3.77. The molecule has 7 nitrogen and oxygen atoms in total. The Hall–Kier alpha value is -2.12.